The maximum Gasteiger partial charge on any atom is 0.0617 e. The van der Waals surface area contributed by atoms with Crippen molar-refractivity contribution in [3.05, 3.63) is 0 Å². The van der Waals surface area contributed by atoms with Crippen molar-refractivity contribution in [3.63, 3.8) is 0 Å². The van der Waals surface area contributed by atoms with Gasteiger partial charge in [-0.1, -0.05) is 38.9 Å². The predicted molar refractivity (Wildman–Crippen MR) is 52.8 cm³/mol. The third-order valence-electron chi connectivity index (χ3n) is 2.99. The lowest BCUT2D eigenvalue weighted by atomic mass is 9.78. The predicted octanol–water partition coefficient (Wildman–Crippen LogP) is 2.36. The molecular weight excluding hydrogens is 154 g/mol. The zero-order valence-electron chi connectivity index (χ0n) is 7.34. The summed E-state index contributed by atoms with van der Waals surface area (Å²) in [6.45, 7) is 4.65. The fraction of sp³-hybridized carbons (Fsp3) is 0.889. The van der Waals surface area contributed by atoms with Crippen LogP contribution in [-0.4, -0.2) is 11.5 Å². The first-order chi connectivity index (χ1) is 5.25. The van der Waals surface area contributed by atoms with Gasteiger partial charge >= 0.3 is 0 Å². The number of hydrogen-bond donors (Lipinski definition) is 1. The Morgan fingerprint density at radius 1 is 1.36 bits per heavy atom. The minimum absolute atomic E-state index is 0.635. The van der Waals surface area contributed by atoms with Crippen LogP contribution in [0.4, 0.5) is 0 Å². The highest BCUT2D eigenvalue weighted by molar-refractivity contribution is 7.78. The van der Waals surface area contributed by atoms with Crippen molar-refractivity contribution in [1.82, 2.24) is 5.32 Å². The summed E-state index contributed by atoms with van der Waals surface area (Å²) in [6, 6.07) is 0.635. The second-order valence-electron chi connectivity index (χ2n) is 3.66. The summed E-state index contributed by atoms with van der Waals surface area (Å²) in [5, 5.41) is 3.25. The van der Waals surface area contributed by atoms with Gasteiger partial charge < -0.3 is 5.32 Å². The molecule has 1 rings (SSSR count). The molecule has 0 aromatic rings. The Kier molecular flexibility index (Phi) is 3.31. The highest BCUT2D eigenvalue weighted by atomic mass is 32.1. The Morgan fingerprint density at radius 2 is 2.09 bits per heavy atom. The maximum absolute atomic E-state index is 4.79. The van der Waals surface area contributed by atoms with Gasteiger partial charge in [0.2, 0.25) is 0 Å². The average molecular weight is 171 g/mol. The number of nitrogens with one attached hydrogen (secondary N) is 1. The molecule has 0 saturated heterocycles. The van der Waals surface area contributed by atoms with E-state index in [4.69, 9.17) is 12.2 Å². The van der Waals surface area contributed by atoms with Crippen LogP contribution in [0.25, 0.3) is 0 Å². The zero-order valence-corrected chi connectivity index (χ0v) is 8.16. The molecular formula is C9H17NS. The van der Waals surface area contributed by atoms with Crippen LogP contribution >= 0.6 is 12.2 Å². The van der Waals surface area contributed by atoms with Crippen LogP contribution < -0.4 is 5.32 Å². The molecule has 1 N–H and O–H groups in total. The summed E-state index contributed by atoms with van der Waals surface area (Å²) >= 11 is 4.79. The molecule has 0 aromatic carbocycles. The van der Waals surface area contributed by atoms with Gasteiger partial charge in [-0.3, -0.25) is 0 Å². The van der Waals surface area contributed by atoms with E-state index in [9.17, 15) is 0 Å². The summed E-state index contributed by atoms with van der Waals surface area (Å²) < 4.78 is 0. The van der Waals surface area contributed by atoms with Crippen molar-refractivity contribution in [3.8, 4) is 0 Å². The van der Waals surface area contributed by atoms with Crippen LogP contribution in [0.1, 0.15) is 33.1 Å². The van der Waals surface area contributed by atoms with E-state index in [2.05, 4.69) is 19.2 Å². The quantitative estimate of drug-likeness (QED) is 0.640. The summed E-state index contributed by atoms with van der Waals surface area (Å²) in [5.74, 6) is 1.64. The Labute approximate surface area is 74.6 Å². The van der Waals surface area contributed by atoms with Gasteiger partial charge in [-0.2, -0.15) is 0 Å². The highest BCUT2D eigenvalue weighted by Crippen LogP contribution is 2.28. The molecule has 0 heterocycles. The van der Waals surface area contributed by atoms with Crippen molar-refractivity contribution < 1.29 is 0 Å². The van der Waals surface area contributed by atoms with Gasteiger partial charge in [-0.15, -0.1) is 0 Å². The lowest BCUT2D eigenvalue weighted by Crippen LogP contribution is -2.39. The van der Waals surface area contributed by atoms with Crippen molar-refractivity contribution in [1.29, 1.82) is 0 Å². The second kappa shape index (κ2) is 4.05. The summed E-state index contributed by atoms with van der Waals surface area (Å²) in [6.07, 6.45) is 4.03. The molecule has 2 heteroatoms. The molecule has 0 amide bonds. The summed E-state index contributed by atoms with van der Waals surface area (Å²) in [5.41, 5.74) is 1.67. The molecule has 0 spiro atoms. The van der Waals surface area contributed by atoms with Crippen LogP contribution in [0.15, 0.2) is 0 Å². The van der Waals surface area contributed by atoms with E-state index in [0.29, 0.717) is 6.04 Å². The first-order valence-corrected chi connectivity index (χ1v) is 4.92. The lowest BCUT2D eigenvalue weighted by molar-refractivity contribution is 0.226. The molecule has 0 aromatic heterocycles. The fourth-order valence-electron chi connectivity index (χ4n) is 1.90. The van der Waals surface area contributed by atoms with E-state index in [-0.39, 0.29) is 0 Å². The van der Waals surface area contributed by atoms with Crippen molar-refractivity contribution >= 4 is 17.7 Å². The molecule has 1 nitrogen and oxygen atoms in total. The smallest absolute Gasteiger partial charge is 0.0617 e. The summed E-state index contributed by atoms with van der Waals surface area (Å²) in [7, 11) is 0. The van der Waals surface area contributed by atoms with Crippen molar-refractivity contribution in [2.75, 3.05) is 0 Å². The van der Waals surface area contributed by atoms with Gasteiger partial charge in [0, 0.05) is 6.04 Å². The molecule has 0 aliphatic heterocycles. The minimum atomic E-state index is 0.635. The topological polar surface area (TPSA) is 12.0 Å². The highest BCUT2D eigenvalue weighted by Gasteiger charge is 2.25. The lowest BCUT2D eigenvalue weighted by Gasteiger charge is -2.33. The SMILES string of the molecule is CC1CCCC(NC=S)C1C. The normalized spacial score (nSPS) is 38.2. The summed E-state index contributed by atoms with van der Waals surface area (Å²) in [4.78, 5) is 0. The molecule has 11 heavy (non-hydrogen) atoms. The van der Waals surface area contributed by atoms with Gasteiger partial charge in [0.15, 0.2) is 0 Å². The zero-order chi connectivity index (χ0) is 8.27. The van der Waals surface area contributed by atoms with Gasteiger partial charge in [-0.05, 0) is 18.3 Å². The van der Waals surface area contributed by atoms with Gasteiger partial charge in [0.05, 0.1) is 5.49 Å². The van der Waals surface area contributed by atoms with Crippen LogP contribution in [0, 0.1) is 11.8 Å². The molecule has 64 valence electrons. The largest absolute Gasteiger partial charge is 0.379 e. The van der Waals surface area contributed by atoms with Crippen molar-refractivity contribution in [2.24, 2.45) is 11.8 Å². The molecule has 1 fully saturated rings. The van der Waals surface area contributed by atoms with Crippen LogP contribution in [0.2, 0.25) is 0 Å². The average Bonchev–Trinajstić information content (AvgIpc) is 1.99. The number of rotatable bonds is 2. The third-order valence-corrected chi connectivity index (χ3v) is 3.13. The van der Waals surface area contributed by atoms with Crippen molar-refractivity contribution in [2.45, 2.75) is 39.2 Å². The van der Waals surface area contributed by atoms with E-state index in [1.807, 2.05) is 0 Å². The molecule has 1 saturated carbocycles. The Bertz CT molecular complexity index is 136. The monoisotopic (exact) mass is 171 g/mol. The van der Waals surface area contributed by atoms with E-state index in [0.717, 1.165) is 11.8 Å². The first-order valence-electron chi connectivity index (χ1n) is 4.45. The van der Waals surface area contributed by atoms with Crippen LogP contribution in [0.3, 0.4) is 0 Å². The number of thiocarbonyl (C=S) groups is 1. The Balaban J connectivity index is 2.43. The first kappa shape index (κ1) is 8.98. The Hall–Kier alpha value is -0.110. The maximum atomic E-state index is 4.79. The van der Waals surface area contributed by atoms with E-state index in [1.54, 1.807) is 5.49 Å². The van der Waals surface area contributed by atoms with E-state index >= 15 is 0 Å². The standard InChI is InChI=1S/C9H17NS/c1-7-4-3-5-9(8(7)2)10-6-11/h6-9H,3-5H2,1-2H3,(H,10,11). The van der Waals surface area contributed by atoms with Gasteiger partial charge in [-0.25, -0.2) is 0 Å². The third kappa shape index (κ3) is 2.16. The van der Waals surface area contributed by atoms with Crippen LogP contribution in [0.5, 0.6) is 0 Å². The molecule has 3 unspecified atom stereocenters. The molecule has 1 aliphatic carbocycles. The van der Waals surface area contributed by atoms with Gasteiger partial charge in [0.25, 0.3) is 0 Å². The van der Waals surface area contributed by atoms with Crippen LogP contribution in [-0.2, 0) is 0 Å². The second-order valence-corrected chi connectivity index (χ2v) is 3.89. The fourth-order valence-corrected chi connectivity index (χ4v) is 2.08. The molecule has 0 bridgehead atoms. The van der Waals surface area contributed by atoms with Gasteiger partial charge in [0.1, 0.15) is 0 Å². The van der Waals surface area contributed by atoms with E-state index in [1.165, 1.54) is 19.3 Å². The number of hydrogen-bond acceptors (Lipinski definition) is 1. The molecule has 3 atom stereocenters. The molecule has 0 radical (unpaired) electrons. The Morgan fingerprint density at radius 3 is 2.73 bits per heavy atom. The minimum Gasteiger partial charge on any atom is -0.379 e. The van der Waals surface area contributed by atoms with E-state index < -0.39 is 0 Å². The molecule has 1 aliphatic rings.